The van der Waals surface area contributed by atoms with E-state index in [1.54, 1.807) is 11.0 Å². The van der Waals surface area contributed by atoms with E-state index in [4.69, 9.17) is 0 Å². The van der Waals surface area contributed by atoms with E-state index in [0.717, 1.165) is 31.4 Å². The van der Waals surface area contributed by atoms with Gasteiger partial charge in [0.05, 0.1) is 6.54 Å². The topological polar surface area (TPSA) is 46.0 Å². The average molecular weight is 237 g/mol. The predicted octanol–water partition coefficient (Wildman–Crippen LogP) is 0.635. The summed E-state index contributed by atoms with van der Waals surface area (Å²) in [5.74, 6) is 1.71. The smallest absolute Gasteiger partial charge is 0.164 e. The van der Waals surface area contributed by atoms with Crippen LogP contribution in [0.15, 0.2) is 6.33 Å². The molecule has 0 radical (unpaired) electrons. The van der Waals surface area contributed by atoms with Crippen molar-refractivity contribution in [1.82, 2.24) is 25.0 Å². The molecule has 0 aliphatic carbocycles. The Morgan fingerprint density at radius 3 is 3.00 bits per heavy atom. The fourth-order valence-electron chi connectivity index (χ4n) is 2.28. The summed E-state index contributed by atoms with van der Waals surface area (Å²) in [5.41, 5.74) is 0. The number of nitrogens with one attached hydrogen (secondary N) is 1. The first-order valence-electron chi connectivity index (χ1n) is 6.43. The van der Waals surface area contributed by atoms with Crippen molar-refractivity contribution in [1.29, 1.82) is 0 Å². The van der Waals surface area contributed by atoms with Crippen molar-refractivity contribution < 1.29 is 0 Å². The van der Waals surface area contributed by atoms with Crippen LogP contribution in [0.5, 0.6) is 0 Å². The molecule has 0 amide bonds. The summed E-state index contributed by atoms with van der Waals surface area (Å²) in [6, 6.07) is 0.585. The molecular formula is C12H23N5. The van der Waals surface area contributed by atoms with E-state index in [9.17, 15) is 0 Å². The molecule has 1 aliphatic rings. The highest BCUT2D eigenvalue weighted by Crippen LogP contribution is 2.16. The Labute approximate surface area is 103 Å². The van der Waals surface area contributed by atoms with Crippen LogP contribution in [0.25, 0.3) is 0 Å². The molecule has 0 aromatic carbocycles. The van der Waals surface area contributed by atoms with Gasteiger partial charge in [-0.2, -0.15) is 5.10 Å². The zero-order valence-electron chi connectivity index (χ0n) is 11.1. The van der Waals surface area contributed by atoms with Gasteiger partial charge in [0.25, 0.3) is 0 Å². The third kappa shape index (κ3) is 3.78. The molecule has 1 aromatic heterocycles. The summed E-state index contributed by atoms with van der Waals surface area (Å²) in [6.45, 7) is 8.75. The summed E-state index contributed by atoms with van der Waals surface area (Å²) in [6.07, 6.45) is 3.05. The first-order chi connectivity index (χ1) is 8.13. The minimum Gasteiger partial charge on any atom is -0.314 e. The number of aryl methyl sites for hydroxylation is 1. The van der Waals surface area contributed by atoms with Gasteiger partial charge in [-0.25, -0.2) is 4.98 Å². The summed E-state index contributed by atoms with van der Waals surface area (Å²) in [4.78, 5) is 6.72. The van der Waals surface area contributed by atoms with Crippen LogP contribution < -0.4 is 5.32 Å². The lowest BCUT2D eigenvalue weighted by Gasteiger charge is -2.15. The third-order valence-electron chi connectivity index (χ3n) is 3.20. The number of nitrogens with zero attached hydrogens (tertiary/aromatic N) is 4. The molecule has 1 unspecified atom stereocenters. The van der Waals surface area contributed by atoms with Gasteiger partial charge in [-0.1, -0.05) is 13.8 Å². The van der Waals surface area contributed by atoms with Gasteiger partial charge in [0.15, 0.2) is 5.82 Å². The van der Waals surface area contributed by atoms with E-state index in [1.165, 1.54) is 13.0 Å². The van der Waals surface area contributed by atoms with Gasteiger partial charge in [0.2, 0.25) is 0 Å². The highest BCUT2D eigenvalue weighted by molar-refractivity contribution is 4.85. The SMILES string of the molecule is CC(C)NCC1CCN(Cc2ncn(C)n2)C1. The molecule has 17 heavy (non-hydrogen) atoms. The summed E-state index contributed by atoms with van der Waals surface area (Å²) < 4.78 is 1.77. The van der Waals surface area contributed by atoms with Gasteiger partial charge in [-0.15, -0.1) is 0 Å². The van der Waals surface area contributed by atoms with Crippen LogP contribution >= 0.6 is 0 Å². The monoisotopic (exact) mass is 237 g/mol. The lowest BCUT2D eigenvalue weighted by molar-refractivity contribution is 0.304. The zero-order valence-corrected chi connectivity index (χ0v) is 11.1. The minimum atomic E-state index is 0.585. The fourth-order valence-corrected chi connectivity index (χ4v) is 2.28. The molecule has 1 aromatic rings. The molecule has 0 saturated carbocycles. The summed E-state index contributed by atoms with van der Waals surface area (Å²) >= 11 is 0. The Morgan fingerprint density at radius 1 is 1.53 bits per heavy atom. The molecule has 1 aliphatic heterocycles. The van der Waals surface area contributed by atoms with Crippen molar-refractivity contribution >= 4 is 0 Å². The van der Waals surface area contributed by atoms with E-state index in [1.807, 2.05) is 7.05 Å². The quantitative estimate of drug-likeness (QED) is 0.816. The maximum Gasteiger partial charge on any atom is 0.164 e. The van der Waals surface area contributed by atoms with Crippen LogP contribution in [0.2, 0.25) is 0 Å². The van der Waals surface area contributed by atoms with Crippen molar-refractivity contribution in [2.45, 2.75) is 32.9 Å². The Kier molecular flexibility index (Phi) is 4.12. The molecule has 1 N–H and O–H groups in total. The molecule has 0 bridgehead atoms. The predicted molar refractivity (Wildman–Crippen MR) is 67.5 cm³/mol. The maximum atomic E-state index is 4.32. The van der Waals surface area contributed by atoms with E-state index < -0.39 is 0 Å². The molecule has 96 valence electrons. The first-order valence-corrected chi connectivity index (χ1v) is 6.43. The van der Waals surface area contributed by atoms with Gasteiger partial charge in [0, 0.05) is 19.6 Å². The van der Waals surface area contributed by atoms with E-state index in [-0.39, 0.29) is 0 Å². The largest absolute Gasteiger partial charge is 0.314 e. The molecule has 2 heterocycles. The number of likely N-dealkylation sites (tertiary alicyclic amines) is 1. The van der Waals surface area contributed by atoms with Crippen LogP contribution in [0.1, 0.15) is 26.1 Å². The van der Waals surface area contributed by atoms with Gasteiger partial charge >= 0.3 is 0 Å². The molecule has 1 saturated heterocycles. The van der Waals surface area contributed by atoms with Gasteiger partial charge in [-0.3, -0.25) is 9.58 Å². The molecule has 5 heteroatoms. The van der Waals surface area contributed by atoms with E-state index in [2.05, 4.69) is 34.1 Å². The Bertz CT molecular complexity index is 346. The van der Waals surface area contributed by atoms with Crippen LogP contribution in [-0.2, 0) is 13.6 Å². The Morgan fingerprint density at radius 2 is 2.35 bits per heavy atom. The molecule has 1 fully saturated rings. The molecule has 1 atom stereocenters. The summed E-state index contributed by atoms with van der Waals surface area (Å²) in [7, 11) is 1.91. The van der Waals surface area contributed by atoms with E-state index in [0.29, 0.717) is 6.04 Å². The van der Waals surface area contributed by atoms with Crippen molar-refractivity contribution in [2.24, 2.45) is 13.0 Å². The average Bonchev–Trinajstić information content (AvgIpc) is 2.86. The fraction of sp³-hybridized carbons (Fsp3) is 0.833. The molecule has 0 spiro atoms. The highest BCUT2D eigenvalue weighted by atomic mass is 15.3. The zero-order chi connectivity index (χ0) is 12.3. The second-order valence-corrected chi connectivity index (χ2v) is 5.29. The maximum absolute atomic E-state index is 4.32. The second kappa shape index (κ2) is 5.60. The molecule has 5 nitrogen and oxygen atoms in total. The lowest BCUT2D eigenvalue weighted by atomic mass is 10.1. The van der Waals surface area contributed by atoms with Gasteiger partial charge in [-0.05, 0) is 25.4 Å². The van der Waals surface area contributed by atoms with Gasteiger partial charge in [0.1, 0.15) is 6.33 Å². The van der Waals surface area contributed by atoms with Crippen molar-refractivity contribution in [3.8, 4) is 0 Å². The van der Waals surface area contributed by atoms with Crippen LogP contribution in [-0.4, -0.2) is 45.3 Å². The van der Waals surface area contributed by atoms with Crippen molar-refractivity contribution in [3.63, 3.8) is 0 Å². The van der Waals surface area contributed by atoms with Crippen LogP contribution in [0, 0.1) is 5.92 Å². The first kappa shape index (κ1) is 12.5. The third-order valence-corrected chi connectivity index (χ3v) is 3.20. The highest BCUT2D eigenvalue weighted by Gasteiger charge is 2.23. The molecular weight excluding hydrogens is 214 g/mol. The van der Waals surface area contributed by atoms with Crippen molar-refractivity contribution in [3.05, 3.63) is 12.2 Å². The number of hydrogen-bond acceptors (Lipinski definition) is 4. The number of rotatable bonds is 5. The van der Waals surface area contributed by atoms with Gasteiger partial charge < -0.3 is 5.32 Å². The summed E-state index contributed by atoms with van der Waals surface area (Å²) in [5, 5.41) is 7.84. The standard InChI is InChI=1S/C12H23N5/c1-10(2)13-6-11-4-5-17(7-11)8-12-14-9-16(3)15-12/h9-11,13H,4-8H2,1-3H3. The molecule has 2 rings (SSSR count). The van der Waals surface area contributed by atoms with E-state index >= 15 is 0 Å². The number of aromatic nitrogens is 3. The van der Waals surface area contributed by atoms with Crippen LogP contribution in [0.3, 0.4) is 0 Å². The second-order valence-electron chi connectivity index (χ2n) is 5.29. The Hall–Kier alpha value is -0.940. The normalized spacial score (nSPS) is 21.5. The minimum absolute atomic E-state index is 0.585. The van der Waals surface area contributed by atoms with Crippen molar-refractivity contribution in [2.75, 3.05) is 19.6 Å². The number of hydrogen-bond donors (Lipinski definition) is 1. The Balaban J connectivity index is 1.74. The lowest BCUT2D eigenvalue weighted by Crippen LogP contribution is -2.30. The van der Waals surface area contributed by atoms with Crippen LogP contribution in [0.4, 0.5) is 0 Å².